The molecule has 10 nitrogen and oxygen atoms in total. The molecule has 3 aromatic heterocycles. The van der Waals surface area contributed by atoms with Crippen molar-refractivity contribution in [2.75, 3.05) is 18.2 Å². The molecule has 1 saturated carbocycles. The highest BCUT2D eigenvalue weighted by molar-refractivity contribution is 8.01. The number of aliphatic hydroxyl groups excluding tert-OH is 2. The third-order valence-electron chi connectivity index (χ3n) is 6.61. The summed E-state index contributed by atoms with van der Waals surface area (Å²) < 4.78 is 15.0. The summed E-state index contributed by atoms with van der Waals surface area (Å²) in [6.07, 6.45) is 4.22. The van der Waals surface area contributed by atoms with Crippen LogP contribution < -0.4 is 10.1 Å². The topological polar surface area (TPSA) is 127 Å². The van der Waals surface area contributed by atoms with Gasteiger partial charge in [-0.05, 0) is 25.0 Å². The number of thioether (sulfide) groups is 1. The van der Waals surface area contributed by atoms with Gasteiger partial charge in [-0.25, -0.2) is 19.9 Å². The van der Waals surface area contributed by atoms with E-state index in [0.29, 0.717) is 28.8 Å². The van der Waals surface area contributed by atoms with Gasteiger partial charge < -0.3 is 25.0 Å². The Morgan fingerprint density at radius 3 is 2.89 bits per heavy atom. The zero-order chi connectivity index (χ0) is 23.9. The van der Waals surface area contributed by atoms with Crippen LogP contribution in [0.1, 0.15) is 31.9 Å². The molecule has 1 aliphatic heterocycles. The van der Waals surface area contributed by atoms with Crippen LogP contribution in [0.4, 0.5) is 5.82 Å². The molecule has 2 fully saturated rings. The molecule has 0 radical (unpaired) electrons. The number of anilines is 1. The maximum atomic E-state index is 10.8. The lowest BCUT2D eigenvalue weighted by Crippen LogP contribution is -2.32. The van der Waals surface area contributed by atoms with Crippen molar-refractivity contribution in [3.63, 3.8) is 0 Å². The molecule has 1 saturated heterocycles. The zero-order valence-electron chi connectivity index (χ0n) is 19.1. The lowest BCUT2D eigenvalue weighted by atomic mass is 10.1. The minimum absolute atomic E-state index is 0.387. The van der Waals surface area contributed by atoms with E-state index >= 15 is 0 Å². The normalized spacial score (nSPS) is 25.1. The fourth-order valence-electron chi connectivity index (χ4n) is 4.73. The minimum Gasteiger partial charge on any atom is -0.497 e. The van der Waals surface area contributed by atoms with E-state index in [2.05, 4.69) is 25.3 Å². The SMILES string of the molecule is COc1ccc2sc(SC[C@H]3OC(n4cnc5c(NC6CCCC6)ncnc54)[C@H](O)[C@@H]3O)nc2c1. The van der Waals surface area contributed by atoms with Gasteiger partial charge in [0.2, 0.25) is 0 Å². The Balaban J connectivity index is 1.18. The number of methoxy groups -OCH3 is 1. The summed E-state index contributed by atoms with van der Waals surface area (Å²) in [5.74, 6) is 1.90. The first-order valence-corrected chi connectivity index (χ1v) is 13.4. The van der Waals surface area contributed by atoms with Crippen LogP contribution in [-0.4, -0.2) is 71.9 Å². The number of nitrogens with zero attached hydrogens (tertiary/aromatic N) is 5. The second kappa shape index (κ2) is 9.51. The maximum absolute atomic E-state index is 10.8. The summed E-state index contributed by atoms with van der Waals surface area (Å²) in [6.45, 7) is 0. The number of hydrogen-bond acceptors (Lipinski definition) is 11. The second-order valence-electron chi connectivity index (χ2n) is 8.84. The Hall–Kier alpha value is -2.51. The molecular formula is C23H26N6O4S2. The molecule has 4 aromatic rings. The van der Waals surface area contributed by atoms with Crippen LogP contribution in [0.2, 0.25) is 0 Å². The third-order valence-corrected chi connectivity index (χ3v) is 8.88. The van der Waals surface area contributed by atoms with E-state index < -0.39 is 24.5 Å². The second-order valence-corrected chi connectivity index (χ2v) is 11.1. The third kappa shape index (κ3) is 4.33. The zero-order valence-corrected chi connectivity index (χ0v) is 20.7. The number of nitrogens with one attached hydrogen (secondary N) is 1. The van der Waals surface area contributed by atoms with Gasteiger partial charge >= 0.3 is 0 Å². The van der Waals surface area contributed by atoms with Crippen molar-refractivity contribution in [1.29, 1.82) is 0 Å². The number of rotatable bonds is 7. The Kier molecular flexibility index (Phi) is 6.23. The van der Waals surface area contributed by atoms with E-state index in [1.165, 1.54) is 30.9 Å². The molecule has 1 aliphatic carbocycles. The van der Waals surface area contributed by atoms with Crippen molar-refractivity contribution in [2.45, 2.75) is 60.6 Å². The van der Waals surface area contributed by atoms with Crippen molar-refractivity contribution in [2.24, 2.45) is 0 Å². The summed E-state index contributed by atoms with van der Waals surface area (Å²) >= 11 is 3.07. The summed E-state index contributed by atoms with van der Waals surface area (Å²) in [4.78, 5) is 17.9. The summed E-state index contributed by atoms with van der Waals surface area (Å²) in [6, 6.07) is 6.18. The van der Waals surface area contributed by atoms with E-state index in [4.69, 9.17) is 9.47 Å². The average Bonchev–Trinajstić information content (AvgIpc) is 3.66. The van der Waals surface area contributed by atoms with E-state index in [1.807, 2.05) is 18.2 Å². The molecule has 12 heteroatoms. The predicted molar refractivity (Wildman–Crippen MR) is 134 cm³/mol. The van der Waals surface area contributed by atoms with Gasteiger partial charge in [0.25, 0.3) is 0 Å². The summed E-state index contributed by atoms with van der Waals surface area (Å²) in [5.41, 5.74) is 2.06. The van der Waals surface area contributed by atoms with Crippen molar-refractivity contribution in [3.05, 3.63) is 30.9 Å². The standard InChI is InChI=1S/C23H26N6O4S2/c1-32-13-6-7-16-14(8-13)28-23(35-16)34-9-15-18(30)19(31)22(33-15)29-11-26-17-20(24-10-25-21(17)29)27-12-4-2-3-5-12/h6-8,10-12,15,18-19,22,30-31H,2-5,9H2,1H3,(H,24,25,27)/t15-,18-,19-,22?/m1/s1. The fourth-order valence-corrected chi connectivity index (χ4v) is 6.86. The molecule has 184 valence electrons. The van der Waals surface area contributed by atoms with Crippen LogP contribution in [0.3, 0.4) is 0 Å². The van der Waals surface area contributed by atoms with Gasteiger partial charge in [0.05, 0.1) is 29.8 Å². The van der Waals surface area contributed by atoms with Crippen LogP contribution >= 0.6 is 23.1 Å². The number of fused-ring (bicyclic) bond motifs is 2. The quantitative estimate of drug-likeness (QED) is 0.316. The molecule has 0 spiro atoms. The number of imidazole rings is 1. The first-order chi connectivity index (χ1) is 17.1. The van der Waals surface area contributed by atoms with Gasteiger partial charge in [-0.3, -0.25) is 4.57 Å². The lowest BCUT2D eigenvalue weighted by Gasteiger charge is -2.17. The van der Waals surface area contributed by atoms with E-state index in [9.17, 15) is 10.2 Å². The lowest BCUT2D eigenvalue weighted by molar-refractivity contribution is -0.0289. The first kappa shape index (κ1) is 22.9. The number of hydrogen-bond donors (Lipinski definition) is 3. The molecule has 0 amide bonds. The van der Waals surface area contributed by atoms with E-state index in [0.717, 1.165) is 33.1 Å². The van der Waals surface area contributed by atoms with Crippen LogP contribution in [-0.2, 0) is 4.74 Å². The van der Waals surface area contributed by atoms with Gasteiger partial charge in [-0.2, -0.15) is 0 Å². The Morgan fingerprint density at radius 2 is 2.06 bits per heavy atom. The number of ether oxygens (including phenoxy) is 2. The van der Waals surface area contributed by atoms with Crippen molar-refractivity contribution >= 4 is 50.3 Å². The molecule has 3 N–H and O–H groups in total. The van der Waals surface area contributed by atoms with Crippen molar-refractivity contribution in [3.8, 4) is 5.75 Å². The number of thiazole rings is 1. The Morgan fingerprint density at radius 1 is 1.20 bits per heavy atom. The fraction of sp³-hybridized carbons (Fsp3) is 0.478. The predicted octanol–water partition coefficient (Wildman–Crippen LogP) is 3.21. The van der Waals surface area contributed by atoms with Gasteiger partial charge in [-0.15, -0.1) is 11.3 Å². The first-order valence-electron chi connectivity index (χ1n) is 11.6. The highest BCUT2D eigenvalue weighted by Gasteiger charge is 2.44. The molecule has 0 bridgehead atoms. The number of aromatic nitrogens is 5. The highest BCUT2D eigenvalue weighted by atomic mass is 32.2. The molecule has 4 heterocycles. The maximum Gasteiger partial charge on any atom is 0.167 e. The Bertz CT molecular complexity index is 1340. The molecule has 1 aromatic carbocycles. The van der Waals surface area contributed by atoms with Gasteiger partial charge in [0, 0.05) is 17.9 Å². The number of benzene rings is 1. The molecular weight excluding hydrogens is 488 g/mol. The van der Waals surface area contributed by atoms with Crippen molar-refractivity contribution < 1.29 is 19.7 Å². The average molecular weight is 515 g/mol. The largest absolute Gasteiger partial charge is 0.497 e. The molecule has 6 rings (SSSR count). The molecule has 35 heavy (non-hydrogen) atoms. The van der Waals surface area contributed by atoms with Crippen LogP contribution in [0, 0.1) is 0 Å². The van der Waals surface area contributed by atoms with Gasteiger partial charge in [0.1, 0.15) is 24.3 Å². The van der Waals surface area contributed by atoms with Crippen LogP contribution in [0.15, 0.2) is 35.2 Å². The summed E-state index contributed by atoms with van der Waals surface area (Å²) in [5, 5.41) is 25.0. The molecule has 1 unspecified atom stereocenters. The Labute approximate surface area is 209 Å². The number of aliphatic hydroxyl groups is 2. The van der Waals surface area contributed by atoms with E-state index in [-0.39, 0.29) is 0 Å². The molecule has 4 atom stereocenters. The highest BCUT2D eigenvalue weighted by Crippen LogP contribution is 2.37. The van der Waals surface area contributed by atoms with Gasteiger partial charge in [0.15, 0.2) is 27.5 Å². The van der Waals surface area contributed by atoms with Crippen LogP contribution in [0.25, 0.3) is 21.4 Å². The monoisotopic (exact) mass is 514 g/mol. The van der Waals surface area contributed by atoms with Gasteiger partial charge in [-0.1, -0.05) is 24.6 Å². The van der Waals surface area contributed by atoms with Crippen molar-refractivity contribution in [1.82, 2.24) is 24.5 Å². The summed E-state index contributed by atoms with van der Waals surface area (Å²) in [7, 11) is 1.63. The van der Waals surface area contributed by atoms with E-state index in [1.54, 1.807) is 29.3 Å². The van der Waals surface area contributed by atoms with Crippen LogP contribution in [0.5, 0.6) is 5.75 Å². The molecule has 2 aliphatic rings. The minimum atomic E-state index is -1.11. The smallest absolute Gasteiger partial charge is 0.167 e.